The van der Waals surface area contributed by atoms with Crippen molar-refractivity contribution in [3.05, 3.63) is 126 Å². The molecule has 17 nitrogen and oxygen atoms in total. The van der Waals surface area contributed by atoms with Crippen molar-refractivity contribution in [1.82, 2.24) is 19.5 Å². The number of imidazole rings is 1. The third-order valence-electron chi connectivity index (χ3n) is 16.5. The number of carbonyl (C=O) groups excluding carboxylic acids is 3. The average molecular weight is 1860 g/mol. The fourth-order valence-electron chi connectivity index (χ4n) is 9.91. The lowest BCUT2D eigenvalue weighted by Crippen LogP contribution is -2.50. The molecule has 0 bridgehead atoms. The van der Waals surface area contributed by atoms with E-state index < -0.39 is 55.4 Å². The van der Waals surface area contributed by atoms with Crippen molar-refractivity contribution in [2.75, 3.05) is 26.1 Å². The summed E-state index contributed by atoms with van der Waals surface area (Å²) in [4.78, 5) is 55.8. The number of hydrogen-bond donors (Lipinski definition) is 1. The first-order valence-electron chi connectivity index (χ1n) is 38.0. The van der Waals surface area contributed by atoms with Crippen LogP contribution in [0.1, 0.15) is 168 Å². The van der Waals surface area contributed by atoms with E-state index in [1.54, 1.807) is 18.8 Å². The van der Waals surface area contributed by atoms with E-state index in [0.717, 1.165) is 5.56 Å². The molecule has 1 N–H and O–H groups in total. The first-order valence-corrected chi connectivity index (χ1v) is 40.9. The molecule has 4 aromatic carbocycles. The van der Waals surface area contributed by atoms with Gasteiger partial charge in [-0.1, -0.05) is 75.4 Å². The molecule has 1 aliphatic heterocycles. The van der Waals surface area contributed by atoms with Gasteiger partial charge in [-0.2, -0.15) is 0 Å². The molecule has 0 radical (unpaired) electrons. The highest BCUT2D eigenvalue weighted by Gasteiger charge is 2.54. The molecule has 6 aromatic rings. The molecule has 1 amide bonds. The summed E-state index contributed by atoms with van der Waals surface area (Å²) < 4.78 is 59.2. The molecule has 748 valence electrons. The van der Waals surface area contributed by atoms with Gasteiger partial charge in [0.15, 0.2) is 49.1 Å². The summed E-state index contributed by atoms with van der Waals surface area (Å²) in [5.74, 6) is 147. The van der Waals surface area contributed by atoms with Crippen LogP contribution in [-0.4, -0.2) is 84.6 Å². The van der Waals surface area contributed by atoms with E-state index >= 15 is 4.79 Å². The molecule has 0 saturated carbocycles. The van der Waals surface area contributed by atoms with E-state index in [2.05, 4.69) is 405 Å². The number of fused-ring (bicyclic) bond motifs is 1. The van der Waals surface area contributed by atoms with Crippen LogP contribution in [0, 0.1) is 393 Å². The Bertz CT molecular complexity index is 7890. The molecule has 0 aliphatic carbocycles. The number of amides is 1. The molecule has 1 saturated heterocycles. The number of ether oxygens (including phenoxy) is 8. The minimum atomic E-state index is -2.93. The van der Waals surface area contributed by atoms with Crippen LogP contribution in [0.25, 0.3) is 11.2 Å². The second kappa shape index (κ2) is 57.1. The number of Topliss-reactive ketones (excluding diaryl/α,β-unsaturated/α-hetero) is 1. The Morgan fingerprint density at radius 2 is 0.789 bits per heavy atom. The van der Waals surface area contributed by atoms with Crippen LogP contribution in [-0.2, 0) is 33.8 Å². The number of rotatable bonds is 20. The number of nitrogens with zero attached hydrogens (tertiary/aromatic N) is 4. The first-order chi connectivity index (χ1) is 65.0. The number of aromatic nitrogens is 4. The third kappa shape index (κ3) is 34.8. The Morgan fingerprint density at radius 3 is 1.14 bits per heavy atom. The topological polar surface area (TPSA) is 190 Å². The van der Waals surface area contributed by atoms with E-state index in [4.69, 9.17) is 71.6 Å². The average Bonchev–Trinajstić information content (AvgIpc) is 1.64. The van der Waals surface area contributed by atoms with Gasteiger partial charge in [0, 0.05) is 319 Å². The summed E-state index contributed by atoms with van der Waals surface area (Å²) in [6.07, 6.45) is 20.1. The molecule has 1 aliphatic rings. The van der Waals surface area contributed by atoms with E-state index in [-0.39, 0.29) is 159 Å². The van der Waals surface area contributed by atoms with Crippen molar-refractivity contribution in [2.24, 2.45) is 0 Å². The Balaban J connectivity index is -0.0000000505. The highest BCUT2D eigenvalue weighted by molar-refractivity contribution is 6.74. The Hall–Kier alpha value is -21.4. The van der Waals surface area contributed by atoms with Crippen LogP contribution >= 0.6 is 0 Å². The van der Waals surface area contributed by atoms with E-state index in [1.165, 1.54) is 31.7 Å². The van der Waals surface area contributed by atoms with Crippen LogP contribution in [0.4, 0.5) is 5.82 Å². The fraction of sp³-hybridized carbons (Fsp3) is 0.148. The number of esters is 1. The fourth-order valence-corrected chi connectivity index (χ4v) is 11.2. The quantitative estimate of drug-likeness (QED) is 0.0328. The van der Waals surface area contributed by atoms with Crippen LogP contribution in [0.15, 0.2) is 104 Å². The van der Waals surface area contributed by atoms with Gasteiger partial charge >= 0.3 is 5.97 Å². The van der Waals surface area contributed by atoms with Gasteiger partial charge in [-0.25, -0.2) is 15.0 Å². The zero-order valence-corrected chi connectivity index (χ0v) is 72.7. The highest BCUT2D eigenvalue weighted by Crippen LogP contribution is 2.47. The monoisotopic (exact) mass is 1860 g/mol. The number of carbonyl (C=O) groups is 3. The summed E-state index contributed by atoms with van der Waals surface area (Å²) in [5.41, 5.74) is 0.728. The molecule has 3 heterocycles. The minimum Gasteiger partial charge on any atom is -0.497 e. The summed E-state index contributed by atoms with van der Waals surface area (Å²) in [5, 5.41) is 2.40. The predicted molar refractivity (Wildman–Crippen MR) is 645 cm³/mol. The number of ketones is 1. The maximum atomic E-state index is 15.1. The maximum absolute atomic E-state index is 15.1. The Labute approximate surface area is 874 Å². The second-order valence-corrected chi connectivity index (χ2v) is 30.6. The lowest BCUT2D eigenvalue weighted by molar-refractivity contribution is -0.159. The molecule has 7 rings (SSSR count). The molecule has 18 heteroatoms. The SMILES string of the molecule is C#CC#CC#CC#CC#CC#CC#CC#CC#CC#CC#COc1cc(C(=O)Nc2ncnc3c2ncn3[C@@H]2O[C@H](COC(c3ccccc3)(c3ccc(OC)cc3)c3ccc(OC)cc3)C(OC(=O)CCC(C)=O)[C@@H]2O[Si](C)(C)C(C)(C)C)cc(OC#CC#CC#CC#CC#CC#CC#CC#CC#CC#CC#C)c1OC#CC#CC#CC#CC#CC#CC#CC#CC#CC#CC#C.[HH].[HH].[HH].[HH].[HH].[HH].[HH].[HH].[HH].[HH].[HH].[HH].[HH].[HH].[HH].[HH].[HH].[HH].[HH].[HH].[HH].[HH].[HH].[HH].[HH].[HH].[HH].[HH].[HH].[HH].[HH].[HH].[HH].[HH].[HH].[HH].[HH].[HH].[HH].[HH].[HH].[HH].[HH].[HH].[HH].[HH].[HH].[HH].[HH].[HH].[HH].[HH].[HH].[HH].[HH].[HH].[HH].[HH].[HH].[HH].[HH].[HH].[HH].[HH].[HH].[HH]. The van der Waals surface area contributed by atoms with Crippen LogP contribution in [0.2, 0.25) is 18.1 Å². The van der Waals surface area contributed by atoms with Crippen molar-refractivity contribution in [3.8, 4) is 422 Å². The number of terminal acetylenes is 3. The van der Waals surface area contributed by atoms with Gasteiger partial charge in [0.05, 0.1) is 33.6 Å². The summed E-state index contributed by atoms with van der Waals surface area (Å²) in [6.45, 7) is 11.4. The normalized spacial score (nSPS) is 10.9. The van der Waals surface area contributed by atoms with Gasteiger partial charge in [-0.3, -0.25) is 14.2 Å². The smallest absolute Gasteiger partial charge is 0.306 e. The second-order valence-electron chi connectivity index (χ2n) is 25.9. The van der Waals surface area contributed by atoms with Crippen molar-refractivity contribution in [1.29, 1.82) is 0 Å². The molecular formula is C115H187N5O12Si. The number of hydrogen-bond acceptors (Lipinski definition) is 15. The standard InChI is InChI=1S/C115H55N5O12Si.66H2/c1-12-15-18-21-24-27-30-33-36-39-42-45-48-51-54-57-60-63-66-72-87-126-102-90-96(91-103(127-88-73-67-64-61-58-55-52-49-46-43-40-37-34-31-28-25-22-19-16-13-2)107(102)128-89-74-68-65-62-59-56-53-50-47-44-41-38-35-32-29-26-23-20-17-14-3)112(123)119-110-106-111(117-93-116-110)120(94-118-106)113-109(132-133(10,11)114(5,6)7)108(131-105(122)86-77-95(4)121)104(130-113)92-129-115(97-75-70-69-71-76-97,98-78-82-100(124-8)83-79-98)99-80-84-101(125-9)85-81-99;;;;;;;;;;;;;;;;;;;;;;;;;;;;;;;;;;;;;;;;;;;;;;;;;;;;;;;;;;;;;;;;;;/h1-3,69-71,75-76,78-85,90-91,93-94,104,108-109,113H,77,86,92H2,4-11H3,(H,116,117,119,123);66*1H/t104-,108?,109+,113-;;;;;;;;;;;;;;;;;;;;;;;;;;;;;;;;;;;;;;;;;;;;;;;;;;;;;;;;;;;;;;;;;;/m1................................................................../s1. The zero-order valence-electron chi connectivity index (χ0n) is 71.7. The summed E-state index contributed by atoms with van der Waals surface area (Å²) in [6, 6.07) is 27.0. The van der Waals surface area contributed by atoms with Crippen molar-refractivity contribution in [3.63, 3.8) is 0 Å². The lowest BCUT2D eigenvalue weighted by atomic mass is 9.80. The number of methoxy groups -OCH3 is 2. The lowest BCUT2D eigenvalue weighted by Gasteiger charge is -2.40. The van der Waals surface area contributed by atoms with Gasteiger partial charge in [0.2, 0.25) is 5.75 Å². The molecule has 133 heavy (non-hydrogen) atoms. The third-order valence-corrected chi connectivity index (χ3v) is 20.9. The Kier molecular flexibility index (Phi) is 42.4. The molecule has 2 aromatic heterocycles. The summed E-state index contributed by atoms with van der Waals surface area (Å²) in [7, 11) is 0.221. The highest BCUT2D eigenvalue weighted by atomic mass is 28.4. The van der Waals surface area contributed by atoms with E-state index in [0.29, 0.717) is 22.6 Å². The van der Waals surface area contributed by atoms with Crippen LogP contribution in [0.5, 0.6) is 28.7 Å². The number of anilines is 1. The maximum Gasteiger partial charge on any atom is 0.306 e. The number of benzene rings is 4. The van der Waals surface area contributed by atoms with E-state index in [1.807, 2.05) is 92.0 Å². The minimum absolute atomic E-state index is 0. The molecule has 1 unspecified atom stereocenters. The number of nitrogens with one attached hydrogen (secondary N) is 1. The van der Waals surface area contributed by atoms with Gasteiger partial charge in [0.25, 0.3) is 5.91 Å². The zero-order chi connectivity index (χ0) is 94.9. The largest absolute Gasteiger partial charge is 0.497 e. The Morgan fingerprint density at radius 1 is 0.444 bits per heavy atom. The molecule has 1 fully saturated rings. The van der Waals surface area contributed by atoms with Gasteiger partial charge in [-0.15, -0.1) is 19.3 Å². The molecule has 0 spiro atoms. The van der Waals surface area contributed by atoms with Crippen LogP contribution in [0.3, 0.4) is 0 Å². The van der Waals surface area contributed by atoms with Crippen molar-refractivity contribution in [2.45, 2.75) is 88.8 Å². The van der Waals surface area contributed by atoms with Crippen LogP contribution < -0.4 is 29.0 Å². The van der Waals surface area contributed by atoms with Gasteiger partial charge in [-0.05, 0) is 220 Å². The summed E-state index contributed by atoms with van der Waals surface area (Å²) >= 11 is 0. The van der Waals surface area contributed by atoms with Crippen molar-refractivity contribution < 1.29 is 151 Å². The molecule has 4 atom stereocenters. The van der Waals surface area contributed by atoms with Gasteiger partial charge in [0.1, 0.15) is 59.7 Å². The van der Waals surface area contributed by atoms with Crippen molar-refractivity contribution >= 4 is 43.0 Å². The predicted octanol–water partition coefficient (Wildman–Crippen LogP) is 24.9. The first kappa shape index (κ1) is 98.7. The van der Waals surface area contributed by atoms with E-state index in [9.17, 15) is 9.59 Å². The molecular weight excluding hydrogens is 1670 g/mol. The van der Waals surface area contributed by atoms with Gasteiger partial charge < -0.3 is 52.4 Å².